The van der Waals surface area contributed by atoms with Crippen molar-refractivity contribution in [2.24, 2.45) is 0 Å². The van der Waals surface area contributed by atoms with Gasteiger partial charge in [0.05, 0.1) is 23.1 Å². The maximum atomic E-state index is 13.0. The number of hydrogen-bond donors (Lipinski definition) is 0. The Hall–Kier alpha value is -2.20. The number of ether oxygens (including phenoxy) is 1. The van der Waals surface area contributed by atoms with Gasteiger partial charge in [-0.1, -0.05) is 38.1 Å². The monoisotopic (exact) mass is 372 g/mol. The number of rotatable bonds is 8. The number of methoxy groups -OCH3 is 1. The number of nitriles is 1. The smallest absolute Gasteiger partial charge is 0.243 e. The van der Waals surface area contributed by atoms with Crippen LogP contribution < -0.4 is 0 Å². The summed E-state index contributed by atoms with van der Waals surface area (Å²) in [5.41, 5.74) is 2.56. The van der Waals surface area contributed by atoms with Crippen molar-refractivity contribution in [3.63, 3.8) is 0 Å². The van der Waals surface area contributed by atoms with Crippen LogP contribution in [0.4, 0.5) is 0 Å². The van der Waals surface area contributed by atoms with E-state index in [1.54, 1.807) is 7.11 Å². The lowest BCUT2D eigenvalue weighted by Crippen LogP contribution is -2.33. The first-order valence-corrected chi connectivity index (χ1v) is 9.90. The second kappa shape index (κ2) is 8.95. The van der Waals surface area contributed by atoms with Crippen LogP contribution in [0.3, 0.4) is 0 Å². The lowest BCUT2D eigenvalue weighted by atomic mass is 10.0. The molecule has 0 N–H and O–H groups in total. The van der Waals surface area contributed by atoms with Gasteiger partial charge in [0.25, 0.3) is 0 Å². The van der Waals surface area contributed by atoms with Crippen LogP contribution in [-0.4, -0.2) is 33.0 Å². The predicted octanol–water partition coefficient (Wildman–Crippen LogP) is 3.52. The highest BCUT2D eigenvalue weighted by atomic mass is 32.2. The van der Waals surface area contributed by atoms with Crippen LogP contribution in [0.2, 0.25) is 0 Å². The Morgan fingerprint density at radius 3 is 2.19 bits per heavy atom. The zero-order valence-corrected chi connectivity index (χ0v) is 16.2. The minimum absolute atomic E-state index is 0.173. The second-order valence-corrected chi connectivity index (χ2v) is 8.30. The van der Waals surface area contributed by atoms with E-state index < -0.39 is 10.0 Å². The van der Waals surface area contributed by atoms with Crippen LogP contribution >= 0.6 is 0 Å². The van der Waals surface area contributed by atoms with Crippen molar-refractivity contribution in [3.8, 4) is 6.07 Å². The normalized spacial score (nSPS) is 11.7. The topological polar surface area (TPSA) is 70.4 Å². The lowest BCUT2D eigenvalue weighted by molar-refractivity contribution is 0.177. The average Bonchev–Trinajstić information content (AvgIpc) is 2.65. The third-order valence-electron chi connectivity index (χ3n) is 4.17. The van der Waals surface area contributed by atoms with Crippen molar-refractivity contribution in [3.05, 3.63) is 65.2 Å². The Kier molecular flexibility index (Phi) is 6.92. The molecule has 0 bridgehead atoms. The maximum absolute atomic E-state index is 13.0. The van der Waals surface area contributed by atoms with E-state index in [0.717, 1.165) is 5.56 Å². The van der Waals surface area contributed by atoms with Crippen molar-refractivity contribution in [2.75, 3.05) is 20.3 Å². The summed E-state index contributed by atoms with van der Waals surface area (Å²) in [6.45, 7) is 5.07. The van der Waals surface area contributed by atoms with E-state index >= 15 is 0 Å². The standard InChI is InChI=1S/C20H24N2O3S/c1-16(2)19-8-4-18(5-9-19)15-22(12-13-25-3)26(23,24)20-10-6-17(14-21)7-11-20/h4-11,16H,12-13,15H2,1-3H3. The van der Waals surface area contributed by atoms with Gasteiger partial charge in [-0.25, -0.2) is 8.42 Å². The fourth-order valence-corrected chi connectivity index (χ4v) is 3.95. The van der Waals surface area contributed by atoms with Gasteiger partial charge in [-0.15, -0.1) is 0 Å². The molecule has 0 amide bonds. The molecule has 138 valence electrons. The second-order valence-electron chi connectivity index (χ2n) is 6.36. The van der Waals surface area contributed by atoms with Crippen molar-refractivity contribution in [1.82, 2.24) is 4.31 Å². The summed E-state index contributed by atoms with van der Waals surface area (Å²) in [7, 11) is -2.13. The van der Waals surface area contributed by atoms with E-state index in [1.165, 1.54) is 34.1 Å². The zero-order valence-electron chi connectivity index (χ0n) is 15.3. The molecule has 0 saturated carbocycles. The Morgan fingerprint density at radius 2 is 1.69 bits per heavy atom. The summed E-state index contributed by atoms with van der Waals surface area (Å²) >= 11 is 0. The Labute approximate surface area is 155 Å². The summed E-state index contributed by atoms with van der Waals surface area (Å²) < 4.78 is 32.5. The molecule has 0 atom stereocenters. The van der Waals surface area contributed by atoms with E-state index in [0.29, 0.717) is 18.1 Å². The number of benzene rings is 2. The molecule has 2 rings (SSSR count). The minimum atomic E-state index is -3.68. The van der Waals surface area contributed by atoms with Crippen molar-refractivity contribution in [1.29, 1.82) is 5.26 Å². The molecule has 0 heterocycles. The van der Waals surface area contributed by atoms with Crippen LogP contribution in [-0.2, 0) is 21.3 Å². The molecule has 0 fully saturated rings. The SMILES string of the molecule is COCCN(Cc1ccc(C(C)C)cc1)S(=O)(=O)c1ccc(C#N)cc1. The molecule has 0 aliphatic rings. The van der Waals surface area contributed by atoms with Gasteiger partial charge in [0, 0.05) is 20.2 Å². The van der Waals surface area contributed by atoms with Gasteiger partial charge >= 0.3 is 0 Å². The van der Waals surface area contributed by atoms with Crippen LogP contribution in [0.1, 0.15) is 36.5 Å². The maximum Gasteiger partial charge on any atom is 0.243 e. The van der Waals surface area contributed by atoms with E-state index in [4.69, 9.17) is 10.00 Å². The summed E-state index contributed by atoms with van der Waals surface area (Å²) in [4.78, 5) is 0.173. The fourth-order valence-electron chi connectivity index (χ4n) is 2.54. The van der Waals surface area contributed by atoms with Crippen molar-refractivity contribution < 1.29 is 13.2 Å². The zero-order chi connectivity index (χ0) is 19.2. The minimum Gasteiger partial charge on any atom is -0.383 e. The van der Waals surface area contributed by atoms with Gasteiger partial charge in [-0.2, -0.15) is 9.57 Å². The van der Waals surface area contributed by atoms with Crippen LogP contribution in [0.5, 0.6) is 0 Å². The summed E-state index contributed by atoms with van der Waals surface area (Å²) in [6.07, 6.45) is 0. The summed E-state index contributed by atoms with van der Waals surface area (Å²) in [5.74, 6) is 0.427. The quantitative estimate of drug-likeness (QED) is 0.711. The molecule has 6 heteroatoms. The van der Waals surface area contributed by atoms with Gasteiger partial charge in [0.15, 0.2) is 0 Å². The summed E-state index contributed by atoms with van der Waals surface area (Å²) in [6, 6.07) is 15.9. The van der Waals surface area contributed by atoms with Gasteiger partial charge in [-0.05, 0) is 41.3 Å². The molecule has 2 aromatic rings. The van der Waals surface area contributed by atoms with E-state index in [9.17, 15) is 8.42 Å². The molecular weight excluding hydrogens is 348 g/mol. The van der Waals surface area contributed by atoms with Crippen molar-refractivity contribution in [2.45, 2.75) is 31.2 Å². The molecule has 0 aliphatic carbocycles. The lowest BCUT2D eigenvalue weighted by Gasteiger charge is -2.22. The number of sulfonamides is 1. The molecule has 0 saturated heterocycles. The highest BCUT2D eigenvalue weighted by Crippen LogP contribution is 2.20. The first-order valence-electron chi connectivity index (χ1n) is 8.46. The van der Waals surface area contributed by atoms with Gasteiger partial charge in [0.1, 0.15) is 0 Å². The van der Waals surface area contributed by atoms with E-state index in [2.05, 4.69) is 13.8 Å². The molecule has 26 heavy (non-hydrogen) atoms. The van der Waals surface area contributed by atoms with Crippen LogP contribution in [0, 0.1) is 11.3 Å². The summed E-state index contributed by atoms with van der Waals surface area (Å²) in [5, 5.41) is 8.89. The third kappa shape index (κ3) is 4.92. The number of hydrogen-bond acceptors (Lipinski definition) is 4. The molecule has 0 spiro atoms. The molecule has 0 aliphatic heterocycles. The first kappa shape index (κ1) is 20.1. The average molecular weight is 372 g/mol. The van der Waals surface area contributed by atoms with Gasteiger partial charge in [-0.3, -0.25) is 0 Å². The molecular formula is C20H24N2O3S. The van der Waals surface area contributed by atoms with E-state index in [-0.39, 0.29) is 18.0 Å². The largest absolute Gasteiger partial charge is 0.383 e. The molecule has 5 nitrogen and oxygen atoms in total. The Morgan fingerprint density at radius 1 is 1.08 bits per heavy atom. The van der Waals surface area contributed by atoms with E-state index in [1.807, 2.05) is 30.3 Å². The first-order chi connectivity index (χ1) is 12.4. The molecule has 0 aromatic heterocycles. The Balaban J connectivity index is 2.28. The number of nitrogens with zero attached hydrogens (tertiary/aromatic N) is 2. The van der Waals surface area contributed by atoms with Crippen LogP contribution in [0.15, 0.2) is 53.4 Å². The van der Waals surface area contributed by atoms with Gasteiger partial charge in [0.2, 0.25) is 10.0 Å². The fraction of sp³-hybridized carbons (Fsp3) is 0.350. The highest BCUT2D eigenvalue weighted by Gasteiger charge is 2.24. The molecule has 0 radical (unpaired) electrons. The molecule has 0 unspecified atom stereocenters. The Bertz CT molecular complexity index is 851. The van der Waals surface area contributed by atoms with Gasteiger partial charge < -0.3 is 4.74 Å². The molecule has 2 aromatic carbocycles. The van der Waals surface area contributed by atoms with Crippen LogP contribution in [0.25, 0.3) is 0 Å². The van der Waals surface area contributed by atoms with Crippen molar-refractivity contribution >= 4 is 10.0 Å². The predicted molar refractivity (Wildman–Crippen MR) is 101 cm³/mol. The third-order valence-corrected chi connectivity index (χ3v) is 6.03. The highest BCUT2D eigenvalue weighted by molar-refractivity contribution is 7.89.